The number of carbonyl (C=O) groups is 3. The number of unbranched alkanes of at least 4 members (excludes halogenated alkanes) is 50. The fourth-order valence-electron chi connectivity index (χ4n) is 11.2. The van der Waals surface area contributed by atoms with Crippen LogP contribution < -0.4 is 0 Å². The van der Waals surface area contributed by atoms with Crippen LogP contribution in [0.1, 0.15) is 406 Å². The van der Waals surface area contributed by atoms with Gasteiger partial charge in [-0.25, -0.2) is 0 Å². The molecule has 1 unspecified atom stereocenters. The van der Waals surface area contributed by atoms with Gasteiger partial charge >= 0.3 is 17.9 Å². The first kappa shape index (κ1) is 80.4. The van der Waals surface area contributed by atoms with Crippen LogP contribution >= 0.6 is 0 Å². The highest BCUT2D eigenvalue weighted by molar-refractivity contribution is 5.71. The fourth-order valence-corrected chi connectivity index (χ4v) is 11.2. The molecule has 486 valence electrons. The Labute approximate surface area is 518 Å². The average molecular weight is 1160 g/mol. The lowest BCUT2D eigenvalue weighted by molar-refractivity contribution is -0.167. The Bertz CT molecular complexity index is 1430. The van der Waals surface area contributed by atoms with Gasteiger partial charge in [0.05, 0.1) is 0 Å². The molecule has 0 bridgehead atoms. The van der Waals surface area contributed by atoms with Gasteiger partial charge in [0.2, 0.25) is 0 Å². The Balaban J connectivity index is 4.09. The standard InChI is InChI=1S/C77H142O6/c1-4-7-10-13-16-19-22-24-26-28-30-32-34-35-36-37-38-39-40-41-42-44-45-47-49-51-53-55-58-61-64-67-70-76(79)82-73-74(72-81-75(78)69-66-63-60-57-21-18-15-12-9-6-3)83-77(80)71-68-65-62-59-56-54-52-50-48-46-43-33-31-29-27-25-23-20-17-14-11-8-5-2/h12,15,23,25,29,31,43,46,74H,4-11,13-14,16-22,24,26-28,30,32-42,44-45,47-73H2,1-3H3/b15-12-,25-23-,31-29-,46-43-. The van der Waals surface area contributed by atoms with E-state index in [1.165, 1.54) is 276 Å². The fraction of sp³-hybridized carbons (Fsp3) is 0.857. The zero-order chi connectivity index (χ0) is 59.9. The lowest BCUT2D eigenvalue weighted by Gasteiger charge is -2.18. The van der Waals surface area contributed by atoms with Gasteiger partial charge in [0.15, 0.2) is 6.10 Å². The Morgan fingerprint density at radius 3 is 0.735 bits per heavy atom. The zero-order valence-electron chi connectivity index (χ0n) is 56.0. The Morgan fingerprint density at radius 2 is 0.458 bits per heavy atom. The van der Waals surface area contributed by atoms with Crippen LogP contribution in [0.3, 0.4) is 0 Å². The molecule has 0 N–H and O–H groups in total. The molecular weight excluding hydrogens is 1020 g/mol. The maximum atomic E-state index is 12.9. The summed E-state index contributed by atoms with van der Waals surface area (Å²) in [6, 6.07) is 0. The summed E-state index contributed by atoms with van der Waals surface area (Å²) in [5, 5.41) is 0. The van der Waals surface area contributed by atoms with Gasteiger partial charge in [-0.1, -0.05) is 358 Å². The average Bonchev–Trinajstić information content (AvgIpc) is 3.49. The van der Waals surface area contributed by atoms with E-state index in [0.29, 0.717) is 19.3 Å². The van der Waals surface area contributed by atoms with Crippen LogP contribution in [0, 0.1) is 0 Å². The van der Waals surface area contributed by atoms with Crippen molar-refractivity contribution in [3.05, 3.63) is 48.6 Å². The number of carbonyl (C=O) groups excluding carboxylic acids is 3. The Hall–Kier alpha value is -2.63. The van der Waals surface area contributed by atoms with E-state index >= 15 is 0 Å². The normalized spacial score (nSPS) is 12.3. The van der Waals surface area contributed by atoms with Crippen molar-refractivity contribution in [1.29, 1.82) is 0 Å². The van der Waals surface area contributed by atoms with Gasteiger partial charge in [-0.05, 0) is 77.0 Å². The zero-order valence-corrected chi connectivity index (χ0v) is 56.0. The van der Waals surface area contributed by atoms with Gasteiger partial charge in [0, 0.05) is 19.3 Å². The van der Waals surface area contributed by atoms with Crippen LogP contribution in [-0.2, 0) is 28.6 Å². The molecule has 0 aliphatic carbocycles. The van der Waals surface area contributed by atoms with E-state index in [1.54, 1.807) is 0 Å². The van der Waals surface area contributed by atoms with E-state index in [4.69, 9.17) is 14.2 Å². The summed E-state index contributed by atoms with van der Waals surface area (Å²) in [4.78, 5) is 38.3. The minimum absolute atomic E-state index is 0.0752. The maximum Gasteiger partial charge on any atom is 0.306 e. The lowest BCUT2D eigenvalue weighted by Crippen LogP contribution is -2.30. The lowest BCUT2D eigenvalue weighted by atomic mass is 10.0. The quantitative estimate of drug-likeness (QED) is 0.0261. The van der Waals surface area contributed by atoms with Crippen LogP contribution in [-0.4, -0.2) is 37.2 Å². The molecule has 0 saturated carbocycles. The molecule has 0 amide bonds. The summed E-state index contributed by atoms with van der Waals surface area (Å²) in [5.41, 5.74) is 0. The minimum atomic E-state index is -0.780. The first-order chi connectivity index (χ1) is 41.0. The van der Waals surface area contributed by atoms with Crippen molar-refractivity contribution in [2.24, 2.45) is 0 Å². The van der Waals surface area contributed by atoms with Gasteiger partial charge in [-0.15, -0.1) is 0 Å². The largest absolute Gasteiger partial charge is 0.462 e. The molecule has 0 fully saturated rings. The van der Waals surface area contributed by atoms with Gasteiger partial charge in [-0.2, -0.15) is 0 Å². The third-order valence-corrected chi connectivity index (χ3v) is 16.8. The third kappa shape index (κ3) is 70.0. The Morgan fingerprint density at radius 1 is 0.241 bits per heavy atom. The number of hydrogen-bond donors (Lipinski definition) is 0. The SMILES string of the molecule is CCC/C=C\CCCCCCCC(=O)OCC(COC(=O)CCCCCCCCCCCCCCCCCCCCCCCCCCCCCCCCCC)OC(=O)CCCCCCCCCC/C=C\C/C=C\C/C=C\CCCCCCC. The first-order valence-corrected chi connectivity index (χ1v) is 37.1. The molecule has 6 nitrogen and oxygen atoms in total. The summed E-state index contributed by atoms with van der Waals surface area (Å²) < 4.78 is 16.9. The molecule has 0 aromatic carbocycles. The molecule has 83 heavy (non-hydrogen) atoms. The Kier molecular flexibility index (Phi) is 69.6. The van der Waals surface area contributed by atoms with E-state index in [1.807, 2.05) is 0 Å². The van der Waals surface area contributed by atoms with Crippen molar-refractivity contribution in [3.63, 3.8) is 0 Å². The molecule has 1 atom stereocenters. The monoisotopic (exact) mass is 1160 g/mol. The first-order valence-electron chi connectivity index (χ1n) is 37.1. The van der Waals surface area contributed by atoms with Crippen LogP contribution in [0.15, 0.2) is 48.6 Å². The number of ether oxygens (including phenoxy) is 3. The highest BCUT2D eigenvalue weighted by atomic mass is 16.6. The number of hydrogen-bond acceptors (Lipinski definition) is 6. The summed E-state index contributed by atoms with van der Waals surface area (Å²) >= 11 is 0. The number of allylic oxidation sites excluding steroid dienone is 8. The van der Waals surface area contributed by atoms with E-state index in [0.717, 1.165) is 89.9 Å². The maximum absolute atomic E-state index is 12.9. The van der Waals surface area contributed by atoms with E-state index in [-0.39, 0.29) is 31.1 Å². The number of esters is 3. The van der Waals surface area contributed by atoms with Crippen molar-refractivity contribution in [1.82, 2.24) is 0 Å². The van der Waals surface area contributed by atoms with Crippen LogP contribution in [0.4, 0.5) is 0 Å². The molecule has 0 aliphatic rings. The minimum Gasteiger partial charge on any atom is -0.462 e. The highest BCUT2D eigenvalue weighted by Crippen LogP contribution is 2.19. The molecule has 0 saturated heterocycles. The van der Waals surface area contributed by atoms with Crippen molar-refractivity contribution in [3.8, 4) is 0 Å². The van der Waals surface area contributed by atoms with Crippen molar-refractivity contribution < 1.29 is 28.6 Å². The van der Waals surface area contributed by atoms with Gasteiger partial charge in [0.25, 0.3) is 0 Å². The van der Waals surface area contributed by atoms with Crippen LogP contribution in [0.25, 0.3) is 0 Å². The van der Waals surface area contributed by atoms with Crippen LogP contribution in [0.2, 0.25) is 0 Å². The van der Waals surface area contributed by atoms with E-state index in [2.05, 4.69) is 69.4 Å². The molecule has 0 spiro atoms. The highest BCUT2D eigenvalue weighted by Gasteiger charge is 2.19. The second kappa shape index (κ2) is 71.8. The van der Waals surface area contributed by atoms with Crippen molar-refractivity contribution in [2.75, 3.05) is 13.2 Å². The summed E-state index contributed by atoms with van der Waals surface area (Å²) in [5.74, 6) is -0.870. The van der Waals surface area contributed by atoms with Crippen LogP contribution in [0.5, 0.6) is 0 Å². The number of rotatable bonds is 69. The molecule has 0 radical (unpaired) electrons. The molecule has 0 aromatic heterocycles. The van der Waals surface area contributed by atoms with Gasteiger partial charge in [-0.3, -0.25) is 14.4 Å². The third-order valence-electron chi connectivity index (χ3n) is 16.8. The second-order valence-corrected chi connectivity index (χ2v) is 25.2. The smallest absolute Gasteiger partial charge is 0.306 e. The summed E-state index contributed by atoms with van der Waals surface area (Å²) in [6.07, 6.45) is 91.8. The topological polar surface area (TPSA) is 78.9 Å². The molecule has 0 aliphatic heterocycles. The van der Waals surface area contributed by atoms with E-state index < -0.39 is 6.10 Å². The molecule has 0 aromatic rings. The molecule has 0 rings (SSSR count). The molecule has 6 heteroatoms. The van der Waals surface area contributed by atoms with Crippen molar-refractivity contribution >= 4 is 17.9 Å². The molecular formula is C77H142O6. The summed E-state index contributed by atoms with van der Waals surface area (Å²) in [7, 11) is 0. The molecule has 0 heterocycles. The van der Waals surface area contributed by atoms with Gasteiger partial charge in [0.1, 0.15) is 13.2 Å². The predicted octanol–water partition coefficient (Wildman–Crippen LogP) is 25.7. The second-order valence-electron chi connectivity index (χ2n) is 25.2. The predicted molar refractivity (Wildman–Crippen MR) is 362 cm³/mol. The summed E-state index contributed by atoms with van der Waals surface area (Å²) in [6.45, 7) is 6.62. The van der Waals surface area contributed by atoms with Gasteiger partial charge < -0.3 is 14.2 Å². The van der Waals surface area contributed by atoms with Crippen molar-refractivity contribution in [2.45, 2.75) is 412 Å². The van der Waals surface area contributed by atoms with E-state index in [9.17, 15) is 14.4 Å².